The number of nitrogens with two attached hydrogens (primary N) is 1. The van der Waals surface area contributed by atoms with E-state index in [2.05, 4.69) is 20.9 Å². The van der Waals surface area contributed by atoms with Gasteiger partial charge in [-0.1, -0.05) is 12.1 Å². The molecule has 17 heavy (non-hydrogen) atoms. The van der Waals surface area contributed by atoms with Gasteiger partial charge in [0.25, 0.3) is 0 Å². The topological polar surface area (TPSA) is 56.0 Å². The van der Waals surface area contributed by atoms with Crippen LogP contribution in [0.4, 0.5) is 5.69 Å². The Bertz CT molecular complexity index is 537. The monoisotopic (exact) mass is 290 g/mol. The van der Waals surface area contributed by atoms with Gasteiger partial charge in [0, 0.05) is 27.6 Å². The standard InChI is InChI=1S/C13H11BrN2O/c14-10-4-5-12(16-8-10)7-13(17)9-2-1-3-11(15)6-9/h1-6,8H,7,15H2. The minimum atomic E-state index is 0.0205. The highest BCUT2D eigenvalue weighted by molar-refractivity contribution is 9.10. The number of anilines is 1. The van der Waals surface area contributed by atoms with Gasteiger partial charge in [-0.05, 0) is 40.2 Å². The highest BCUT2D eigenvalue weighted by Gasteiger charge is 2.07. The molecule has 3 nitrogen and oxygen atoms in total. The molecule has 1 heterocycles. The number of nitrogen functional groups attached to an aromatic ring is 1. The molecule has 1 aromatic heterocycles. The first-order chi connectivity index (χ1) is 8.15. The highest BCUT2D eigenvalue weighted by atomic mass is 79.9. The van der Waals surface area contributed by atoms with E-state index in [0.29, 0.717) is 11.3 Å². The third-order valence-electron chi connectivity index (χ3n) is 2.34. The lowest BCUT2D eigenvalue weighted by Gasteiger charge is -2.02. The van der Waals surface area contributed by atoms with E-state index in [9.17, 15) is 4.79 Å². The van der Waals surface area contributed by atoms with Crippen LogP contribution < -0.4 is 5.73 Å². The van der Waals surface area contributed by atoms with Gasteiger partial charge in [-0.25, -0.2) is 0 Å². The molecule has 0 spiro atoms. The van der Waals surface area contributed by atoms with E-state index >= 15 is 0 Å². The second-order valence-corrected chi connectivity index (χ2v) is 4.61. The lowest BCUT2D eigenvalue weighted by Crippen LogP contribution is -2.05. The van der Waals surface area contributed by atoms with Crippen LogP contribution >= 0.6 is 15.9 Å². The van der Waals surface area contributed by atoms with E-state index in [1.165, 1.54) is 0 Å². The maximum absolute atomic E-state index is 11.9. The fourth-order valence-electron chi connectivity index (χ4n) is 1.49. The first-order valence-electron chi connectivity index (χ1n) is 5.14. The predicted octanol–water partition coefficient (Wildman–Crippen LogP) is 2.85. The minimum Gasteiger partial charge on any atom is -0.399 e. The molecule has 0 amide bonds. The number of ketones is 1. The van der Waals surface area contributed by atoms with E-state index in [1.54, 1.807) is 30.5 Å². The normalized spacial score (nSPS) is 10.2. The summed E-state index contributed by atoms with van der Waals surface area (Å²) in [6, 6.07) is 10.7. The summed E-state index contributed by atoms with van der Waals surface area (Å²) in [7, 11) is 0. The molecule has 0 bridgehead atoms. The number of nitrogens with zero attached hydrogens (tertiary/aromatic N) is 1. The van der Waals surface area contributed by atoms with Crippen molar-refractivity contribution in [3.8, 4) is 0 Å². The first-order valence-corrected chi connectivity index (χ1v) is 5.93. The van der Waals surface area contributed by atoms with Crippen LogP contribution in [-0.4, -0.2) is 10.8 Å². The molecule has 2 N–H and O–H groups in total. The van der Waals surface area contributed by atoms with E-state index in [0.717, 1.165) is 10.2 Å². The van der Waals surface area contributed by atoms with Gasteiger partial charge in [0.1, 0.15) is 0 Å². The second kappa shape index (κ2) is 5.10. The molecule has 2 aromatic rings. The van der Waals surface area contributed by atoms with Gasteiger partial charge in [-0.15, -0.1) is 0 Å². The summed E-state index contributed by atoms with van der Waals surface area (Å²) in [5.74, 6) is 0.0205. The number of halogens is 1. The van der Waals surface area contributed by atoms with Crippen LogP contribution in [-0.2, 0) is 6.42 Å². The van der Waals surface area contributed by atoms with Crippen LogP contribution in [0.5, 0.6) is 0 Å². The molecule has 0 unspecified atom stereocenters. The minimum absolute atomic E-state index is 0.0205. The Morgan fingerprint density at radius 2 is 2.12 bits per heavy atom. The Balaban J connectivity index is 2.14. The highest BCUT2D eigenvalue weighted by Crippen LogP contribution is 2.12. The molecule has 0 fully saturated rings. The van der Waals surface area contributed by atoms with Gasteiger partial charge in [0.15, 0.2) is 5.78 Å². The van der Waals surface area contributed by atoms with Crippen LogP contribution in [0.1, 0.15) is 16.1 Å². The number of benzene rings is 1. The van der Waals surface area contributed by atoms with Crippen molar-refractivity contribution in [3.63, 3.8) is 0 Å². The molecule has 0 aliphatic carbocycles. The lowest BCUT2D eigenvalue weighted by molar-refractivity contribution is 0.0992. The van der Waals surface area contributed by atoms with Crippen molar-refractivity contribution in [3.05, 3.63) is 58.3 Å². The van der Waals surface area contributed by atoms with Gasteiger partial charge in [0.2, 0.25) is 0 Å². The summed E-state index contributed by atoms with van der Waals surface area (Å²) < 4.78 is 0.901. The predicted molar refractivity (Wildman–Crippen MR) is 70.8 cm³/mol. The Labute approximate surface area is 108 Å². The Hall–Kier alpha value is -1.68. The molecule has 0 saturated heterocycles. The largest absolute Gasteiger partial charge is 0.399 e. The molecular weight excluding hydrogens is 280 g/mol. The van der Waals surface area contributed by atoms with Crippen molar-refractivity contribution in [1.82, 2.24) is 4.98 Å². The van der Waals surface area contributed by atoms with E-state index < -0.39 is 0 Å². The van der Waals surface area contributed by atoms with Crippen molar-refractivity contribution < 1.29 is 4.79 Å². The van der Waals surface area contributed by atoms with Gasteiger partial charge < -0.3 is 5.73 Å². The van der Waals surface area contributed by atoms with E-state index in [4.69, 9.17) is 5.73 Å². The second-order valence-electron chi connectivity index (χ2n) is 3.69. The molecule has 0 atom stereocenters. The van der Waals surface area contributed by atoms with Gasteiger partial charge in [0.05, 0.1) is 6.42 Å². The average molecular weight is 291 g/mol. The fraction of sp³-hybridized carbons (Fsp3) is 0.0769. The lowest BCUT2D eigenvalue weighted by atomic mass is 10.1. The number of carbonyl (C=O) groups excluding carboxylic acids is 1. The van der Waals surface area contributed by atoms with Crippen molar-refractivity contribution in [2.24, 2.45) is 0 Å². The maximum atomic E-state index is 11.9. The molecule has 0 aliphatic rings. The number of aromatic nitrogens is 1. The fourth-order valence-corrected chi connectivity index (χ4v) is 1.72. The van der Waals surface area contributed by atoms with Crippen LogP contribution in [0.15, 0.2) is 47.1 Å². The van der Waals surface area contributed by atoms with Gasteiger partial charge in [-0.3, -0.25) is 9.78 Å². The molecule has 0 aliphatic heterocycles. The average Bonchev–Trinajstić information content (AvgIpc) is 2.32. The quantitative estimate of drug-likeness (QED) is 0.699. The molecule has 1 aromatic carbocycles. The number of Topliss-reactive ketones (excluding diaryl/α,β-unsaturated/α-hetero) is 1. The van der Waals surface area contributed by atoms with Crippen molar-refractivity contribution in [2.45, 2.75) is 6.42 Å². The SMILES string of the molecule is Nc1cccc(C(=O)Cc2ccc(Br)cn2)c1. The van der Waals surface area contributed by atoms with Crippen molar-refractivity contribution >= 4 is 27.4 Å². The van der Waals surface area contributed by atoms with Gasteiger partial charge in [-0.2, -0.15) is 0 Å². The zero-order chi connectivity index (χ0) is 12.3. The molecule has 86 valence electrons. The molecule has 4 heteroatoms. The molecular formula is C13H11BrN2O. The summed E-state index contributed by atoms with van der Waals surface area (Å²) >= 11 is 3.30. The first kappa shape index (κ1) is 11.8. The summed E-state index contributed by atoms with van der Waals surface area (Å²) in [4.78, 5) is 16.1. The number of carbonyl (C=O) groups is 1. The Kier molecular flexibility index (Phi) is 3.54. The number of hydrogen-bond donors (Lipinski definition) is 1. The van der Waals surface area contributed by atoms with Crippen molar-refractivity contribution in [1.29, 1.82) is 0 Å². The van der Waals surface area contributed by atoms with E-state index in [-0.39, 0.29) is 12.2 Å². The van der Waals surface area contributed by atoms with E-state index in [1.807, 2.05) is 12.1 Å². The maximum Gasteiger partial charge on any atom is 0.168 e. The summed E-state index contributed by atoms with van der Waals surface area (Å²) in [5, 5.41) is 0. The Morgan fingerprint density at radius 1 is 1.29 bits per heavy atom. The Morgan fingerprint density at radius 3 is 2.76 bits per heavy atom. The molecule has 2 rings (SSSR count). The van der Waals surface area contributed by atoms with Crippen molar-refractivity contribution in [2.75, 3.05) is 5.73 Å². The zero-order valence-corrected chi connectivity index (χ0v) is 10.6. The van der Waals surface area contributed by atoms with Crippen LogP contribution in [0.25, 0.3) is 0 Å². The number of pyridine rings is 1. The summed E-state index contributed by atoms with van der Waals surface area (Å²) in [6.07, 6.45) is 1.97. The zero-order valence-electron chi connectivity index (χ0n) is 9.06. The molecule has 0 radical (unpaired) electrons. The van der Waals surface area contributed by atoms with Crippen LogP contribution in [0.3, 0.4) is 0 Å². The third-order valence-corrected chi connectivity index (χ3v) is 2.81. The van der Waals surface area contributed by atoms with Gasteiger partial charge >= 0.3 is 0 Å². The van der Waals surface area contributed by atoms with Crippen LogP contribution in [0.2, 0.25) is 0 Å². The number of hydrogen-bond acceptors (Lipinski definition) is 3. The molecule has 0 saturated carbocycles. The summed E-state index contributed by atoms with van der Waals surface area (Å²) in [5.41, 5.74) is 7.60. The van der Waals surface area contributed by atoms with Crippen LogP contribution in [0, 0.1) is 0 Å². The smallest absolute Gasteiger partial charge is 0.168 e. The number of rotatable bonds is 3. The third kappa shape index (κ3) is 3.14. The summed E-state index contributed by atoms with van der Waals surface area (Å²) in [6.45, 7) is 0.